The van der Waals surface area contributed by atoms with Gasteiger partial charge in [-0.2, -0.15) is 0 Å². The summed E-state index contributed by atoms with van der Waals surface area (Å²) in [6, 6.07) is 11.9. The summed E-state index contributed by atoms with van der Waals surface area (Å²) < 4.78 is 16.1. The van der Waals surface area contributed by atoms with E-state index in [2.05, 4.69) is 26.1 Å². The number of carbonyl (C=O) groups excluding carboxylic acids is 1. The lowest BCUT2D eigenvalue weighted by molar-refractivity contribution is -0.385. The number of nitro benzene ring substituents is 1. The summed E-state index contributed by atoms with van der Waals surface area (Å²) in [5.74, 6) is 0.843. The van der Waals surface area contributed by atoms with E-state index in [0.29, 0.717) is 18.9 Å². The van der Waals surface area contributed by atoms with Crippen molar-refractivity contribution in [2.24, 2.45) is 0 Å². The van der Waals surface area contributed by atoms with Crippen LogP contribution in [0, 0.1) is 10.1 Å². The molecule has 29 heavy (non-hydrogen) atoms. The number of hydrogen-bond donors (Lipinski definition) is 1. The normalized spacial score (nSPS) is 10.9. The molecular formula is C21H26N2O6. The topological polar surface area (TPSA) is 99.9 Å². The zero-order chi connectivity index (χ0) is 21.4. The van der Waals surface area contributed by atoms with Gasteiger partial charge in [0.25, 0.3) is 5.91 Å². The van der Waals surface area contributed by atoms with E-state index in [1.807, 2.05) is 24.3 Å². The Hall–Kier alpha value is -3.29. The predicted octanol–water partition coefficient (Wildman–Crippen LogP) is 3.47. The van der Waals surface area contributed by atoms with Gasteiger partial charge < -0.3 is 19.5 Å². The van der Waals surface area contributed by atoms with Crippen LogP contribution in [0.4, 0.5) is 5.69 Å². The van der Waals surface area contributed by atoms with Crippen molar-refractivity contribution in [1.82, 2.24) is 5.32 Å². The Morgan fingerprint density at radius 2 is 1.83 bits per heavy atom. The first-order valence-electron chi connectivity index (χ1n) is 9.16. The first kappa shape index (κ1) is 22.0. The molecule has 2 rings (SSSR count). The summed E-state index contributed by atoms with van der Waals surface area (Å²) in [4.78, 5) is 22.3. The minimum Gasteiger partial charge on any atom is -0.491 e. The summed E-state index contributed by atoms with van der Waals surface area (Å²) in [6.45, 7) is 6.76. The second-order valence-electron chi connectivity index (χ2n) is 7.32. The van der Waals surface area contributed by atoms with E-state index in [4.69, 9.17) is 14.2 Å². The number of carbonyl (C=O) groups is 1. The quantitative estimate of drug-likeness (QED) is 0.392. The molecule has 0 heterocycles. The molecule has 0 radical (unpaired) electrons. The van der Waals surface area contributed by atoms with Crippen LogP contribution in [0.3, 0.4) is 0 Å². The minimum atomic E-state index is -0.548. The number of amides is 1. The summed E-state index contributed by atoms with van der Waals surface area (Å²) >= 11 is 0. The van der Waals surface area contributed by atoms with Crippen LogP contribution < -0.4 is 19.5 Å². The van der Waals surface area contributed by atoms with E-state index < -0.39 is 4.92 Å². The maximum atomic E-state index is 12.0. The number of ether oxygens (including phenoxy) is 3. The highest BCUT2D eigenvalue weighted by molar-refractivity contribution is 5.77. The molecule has 8 heteroatoms. The molecule has 1 amide bonds. The lowest BCUT2D eigenvalue weighted by Crippen LogP contribution is -2.32. The van der Waals surface area contributed by atoms with E-state index in [1.54, 1.807) is 0 Å². The van der Waals surface area contributed by atoms with Crippen LogP contribution in [-0.2, 0) is 10.2 Å². The van der Waals surface area contributed by atoms with E-state index >= 15 is 0 Å². The molecule has 2 aromatic carbocycles. The van der Waals surface area contributed by atoms with Gasteiger partial charge in [-0.1, -0.05) is 39.0 Å². The van der Waals surface area contributed by atoms with Gasteiger partial charge in [0.2, 0.25) is 5.75 Å². The van der Waals surface area contributed by atoms with Crippen molar-refractivity contribution in [2.75, 3.05) is 26.9 Å². The fourth-order valence-electron chi connectivity index (χ4n) is 2.66. The maximum Gasteiger partial charge on any atom is 0.311 e. The van der Waals surface area contributed by atoms with Gasteiger partial charge in [-0.25, -0.2) is 0 Å². The van der Waals surface area contributed by atoms with Gasteiger partial charge in [-0.05, 0) is 23.1 Å². The van der Waals surface area contributed by atoms with Crippen LogP contribution in [-0.4, -0.2) is 37.7 Å². The second kappa shape index (κ2) is 9.77. The summed E-state index contributed by atoms with van der Waals surface area (Å²) in [6.07, 6.45) is 0. The molecule has 0 saturated carbocycles. The Kier molecular flexibility index (Phi) is 7.41. The standard InChI is InChI=1S/C21H26N2O6/c1-21(2,3)16-7-5-6-8-18(16)28-12-11-22-20(24)14-29-15-9-10-17(23(25)26)19(13-15)27-4/h5-10,13H,11-12,14H2,1-4H3,(H,22,24). The first-order valence-corrected chi connectivity index (χ1v) is 9.16. The third kappa shape index (κ3) is 6.38. The number of para-hydroxylation sites is 1. The Balaban J connectivity index is 1.79. The highest BCUT2D eigenvalue weighted by atomic mass is 16.6. The Bertz CT molecular complexity index is 860. The lowest BCUT2D eigenvalue weighted by atomic mass is 9.86. The first-order chi connectivity index (χ1) is 13.7. The molecule has 0 aliphatic heterocycles. The van der Waals surface area contributed by atoms with Crippen LogP contribution in [0.1, 0.15) is 26.3 Å². The molecule has 0 atom stereocenters. The van der Waals surface area contributed by atoms with Crippen LogP contribution in [0.2, 0.25) is 0 Å². The molecule has 1 N–H and O–H groups in total. The van der Waals surface area contributed by atoms with Crippen molar-refractivity contribution in [3.8, 4) is 17.2 Å². The number of benzene rings is 2. The van der Waals surface area contributed by atoms with Gasteiger partial charge in [0.1, 0.15) is 18.1 Å². The number of nitrogens with one attached hydrogen (secondary N) is 1. The van der Waals surface area contributed by atoms with Crippen molar-refractivity contribution in [3.63, 3.8) is 0 Å². The molecular weight excluding hydrogens is 376 g/mol. The number of methoxy groups -OCH3 is 1. The smallest absolute Gasteiger partial charge is 0.311 e. The number of rotatable bonds is 9. The molecule has 0 fully saturated rings. The third-order valence-electron chi connectivity index (χ3n) is 4.09. The van der Waals surface area contributed by atoms with Crippen LogP contribution in [0.15, 0.2) is 42.5 Å². The second-order valence-corrected chi connectivity index (χ2v) is 7.32. The van der Waals surface area contributed by atoms with Crippen molar-refractivity contribution < 1.29 is 23.9 Å². The van der Waals surface area contributed by atoms with Gasteiger partial charge in [0.05, 0.1) is 18.6 Å². The zero-order valence-electron chi connectivity index (χ0n) is 17.1. The molecule has 0 spiro atoms. The molecule has 0 aliphatic rings. The van der Waals surface area contributed by atoms with Gasteiger partial charge >= 0.3 is 5.69 Å². The van der Waals surface area contributed by atoms with Crippen LogP contribution in [0.5, 0.6) is 17.2 Å². The Morgan fingerprint density at radius 3 is 2.48 bits per heavy atom. The fourth-order valence-corrected chi connectivity index (χ4v) is 2.66. The van der Waals surface area contributed by atoms with Gasteiger partial charge in [-0.3, -0.25) is 14.9 Å². The largest absolute Gasteiger partial charge is 0.491 e. The maximum absolute atomic E-state index is 12.0. The summed E-state index contributed by atoms with van der Waals surface area (Å²) in [5.41, 5.74) is 0.887. The van der Waals surface area contributed by atoms with Crippen molar-refractivity contribution in [3.05, 3.63) is 58.1 Å². The van der Waals surface area contributed by atoms with Gasteiger partial charge in [0.15, 0.2) is 6.61 Å². The number of nitrogens with zero attached hydrogens (tertiary/aromatic N) is 1. The monoisotopic (exact) mass is 402 g/mol. The molecule has 0 unspecified atom stereocenters. The molecule has 156 valence electrons. The Labute approximate surface area is 169 Å². The van der Waals surface area contributed by atoms with E-state index in [-0.39, 0.29) is 29.4 Å². The van der Waals surface area contributed by atoms with Crippen LogP contribution in [0.25, 0.3) is 0 Å². The minimum absolute atomic E-state index is 0.0422. The molecule has 0 aromatic heterocycles. The molecule has 0 bridgehead atoms. The lowest BCUT2D eigenvalue weighted by Gasteiger charge is -2.22. The molecule has 8 nitrogen and oxygen atoms in total. The average molecular weight is 402 g/mol. The Morgan fingerprint density at radius 1 is 1.10 bits per heavy atom. The summed E-state index contributed by atoms with van der Waals surface area (Å²) in [7, 11) is 1.33. The zero-order valence-corrected chi connectivity index (χ0v) is 17.1. The average Bonchev–Trinajstić information content (AvgIpc) is 2.68. The predicted molar refractivity (Wildman–Crippen MR) is 109 cm³/mol. The van der Waals surface area contributed by atoms with Gasteiger partial charge in [-0.15, -0.1) is 0 Å². The summed E-state index contributed by atoms with van der Waals surface area (Å²) in [5, 5.41) is 13.6. The van der Waals surface area contributed by atoms with E-state index in [9.17, 15) is 14.9 Å². The molecule has 2 aromatic rings. The van der Waals surface area contributed by atoms with E-state index in [0.717, 1.165) is 11.3 Å². The number of hydrogen-bond acceptors (Lipinski definition) is 6. The third-order valence-corrected chi connectivity index (χ3v) is 4.09. The van der Waals surface area contributed by atoms with Crippen molar-refractivity contribution >= 4 is 11.6 Å². The molecule has 0 aliphatic carbocycles. The highest BCUT2D eigenvalue weighted by Crippen LogP contribution is 2.31. The van der Waals surface area contributed by atoms with Crippen molar-refractivity contribution in [2.45, 2.75) is 26.2 Å². The number of nitro groups is 1. The molecule has 0 saturated heterocycles. The SMILES string of the molecule is COc1cc(OCC(=O)NCCOc2ccccc2C(C)(C)C)ccc1[N+](=O)[O-]. The highest BCUT2D eigenvalue weighted by Gasteiger charge is 2.18. The fraction of sp³-hybridized carbons (Fsp3) is 0.381. The van der Waals surface area contributed by atoms with Gasteiger partial charge in [0, 0.05) is 12.1 Å². The van der Waals surface area contributed by atoms with Crippen molar-refractivity contribution in [1.29, 1.82) is 0 Å². The van der Waals surface area contributed by atoms with E-state index in [1.165, 1.54) is 25.3 Å². The van der Waals surface area contributed by atoms with Crippen LogP contribution >= 0.6 is 0 Å².